The third-order valence-corrected chi connectivity index (χ3v) is 4.82. The predicted octanol–water partition coefficient (Wildman–Crippen LogP) is 3.68. The van der Waals surface area contributed by atoms with Gasteiger partial charge in [-0.15, -0.1) is 24.0 Å². The highest BCUT2D eigenvalue weighted by Crippen LogP contribution is 2.21. The van der Waals surface area contributed by atoms with E-state index in [0.717, 1.165) is 48.6 Å². The monoisotopic (exact) mass is 511 g/mol. The van der Waals surface area contributed by atoms with E-state index in [1.54, 1.807) is 0 Å². The smallest absolute Gasteiger partial charge is 0.226 e. The van der Waals surface area contributed by atoms with Gasteiger partial charge in [0.05, 0.1) is 18.8 Å². The SMILES string of the molecule is CCNC(=NCc1ccc(N2CCCCC2=O)cc1)NCc1nc(C)c(C)o1.I. The lowest BCUT2D eigenvalue weighted by Crippen LogP contribution is -2.36. The predicted molar refractivity (Wildman–Crippen MR) is 126 cm³/mol. The fourth-order valence-corrected chi connectivity index (χ4v) is 3.15. The van der Waals surface area contributed by atoms with Gasteiger partial charge in [0.1, 0.15) is 5.76 Å². The molecule has 0 atom stereocenters. The Morgan fingerprint density at radius 3 is 2.59 bits per heavy atom. The summed E-state index contributed by atoms with van der Waals surface area (Å²) in [7, 11) is 0. The summed E-state index contributed by atoms with van der Waals surface area (Å²) in [6, 6.07) is 8.08. The fraction of sp³-hybridized carbons (Fsp3) is 0.476. The molecule has 2 heterocycles. The van der Waals surface area contributed by atoms with E-state index in [-0.39, 0.29) is 29.9 Å². The molecule has 8 heteroatoms. The van der Waals surface area contributed by atoms with E-state index in [1.165, 1.54) is 0 Å². The Morgan fingerprint density at radius 1 is 1.21 bits per heavy atom. The molecule has 0 unspecified atom stereocenters. The minimum absolute atomic E-state index is 0. The molecule has 0 spiro atoms. The van der Waals surface area contributed by atoms with E-state index in [4.69, 9.17) is 4.42 Å². The van der Waals surface area contributed by atoms with Crippen LogP contribution in [0.4, 0.5) is 5.69 Å². The van der Waals surface area contributed by atoms with E-state index in [2.05, 4.69) is 20.6 Å². The zero-order valence-electron chi connectivity index (χ0n) is 17.3. The highest BCUT2D eigenvalue weighted by molar-refractivity contribution is 14.0. The first kappa shape index (κ1) is 23.2. The highest BCUT2D eigenvalue weighted by atomic mass is 127. The summed E-state index contributed by atoms with van der Waals surface area (Å²) in [5.41, 5.74) is 2.97. The molecule has 158 valence electrons. The maximum absolute atomic E-state index is 12.1. The third-order valence-electron chi connectivity index (χ3n) is 4.82. The lowest BCUT2D eigenvalue weighted by Gasteiger charge is -2.26. The van der Waals surface area contributed by atoms with Crippen LogP contribution >= 0.6 is 24.0 Å². The number of aromatic nitrogens is 1. The van der Waals surface area contributed by atoms with Crippen LogP contribution in [0, 0.1) is 13.8 Å². The summed E-state index contributed by atoms with van der Waals surface area (Å²) < 4.78 is 5.60. The summed E-state index contributed by atoms with van der Waals surface area (Å²) >= 11 is 0. The van der Waals surface area contributed by atoms with E-state index in [1.807, 2.05) is 49.9 Å². The summed E-state index contributed by atoms with van der Waals surface area (Å²) in [6.07, 6.45) is 2.71. The number of amides is 1. The average Bonchev–Trinajstić information content (AvgIpc) is 3.02. The van der Waals surface area contributed by atoms with Gasteiger partial charge in [0.15, 0.2) is 5.96 Å². The van der Waals surface area contributed by atoms with Gasteiger partial charge in [-0.3, -0.25) is 4.79 Å². The molecule has 1 fully saturated rings. The van der Waals surface area contributed by atoms with Crippen molar-refractivity contribution in [3.05, 3.63) is 47.2 Å². The number of nitrogens with zero attached hydrogens (tertiary/aromatic N) is 3. The van der Waals surface area contributed by atoms with Crippen molar-refractivity contribution < 1.29 is 9.21 Å². The summed E-state index contributed by atoms with van der Waals surface area (Å²) in [6.45, 7) is 8.48. The Hall–Kier alpha value is -2.10. The number of nitrogens with one attached hydrogen (secondary N) is 2. The van der Waals surface area contributed by atoms with Crippen LogP contribution in [-0.4, -0.2) is 29.9 Å². The Morgan fingerprint density at radius 2 is 1.97 bits per heavy atom. The lowest BCUT2D eigenvalue weighted by atomic mass is 10.1. The van der Waals surface area contributed by atoms with Crippen molar-refractivity contribution in [2.75, 3.05) is 18.0 Å². The highest BCUT2D eigenvalue weighted by Gasteiger charge is 2.19. The molecule has 1 aromatic carbocycles. The zero-order chi connectivity index (χ0) is 19.9. The number of anilines is 1. The van der Waals surface area contributed by atoms with E-state index < -0.39 is 0 Å². The molecule has 2 N–H and O–H groups in total. The van der Waals surface area contributed by atoms with Crippen molar-refractivity contribution in [3.8, 4) is 0 Å². The van der Waals surface area contributed by atoms with Crippen LogP contribution in [0.5, 0.6) is 0 Å². The Labute approximate surface area is 189 Å². The van der Waals surface area contributed by atoms with Crippen LogP contribution in [0.3, 0.4) is 0 Å². The molecule has 0 saturated carbocycles. The summed E-state index contributed by atoms with van der Waals surface area (Å²) in [5, 5.41) is 6.48. The number of carbonyl (C=O) groups is 1. The molecule has 29 heavy (non-hydrogen) atoms. The molecule has 1 aliphatic heterocycles. The normalized spacial score (nSPS) is 14.5. The van der Waals surface area contributed by atoms with Crippen LogP contribution in [0.1, 0.15) is 49.1 Å². The maximum Gasteiger partial charge on any atom is 0.226 e. The van der Waals surface area contributed by atoms with Gasteiger partial charge in [-0.25, -0.2) is 9.98 Å². The number of oxazole rings is 1. The van der Waals surface area contributed by atoms with Crippen molar-refractivity contribution in [3.63, 3.8) is 0 Å². The minimum Gasteiger partial charge on any atom is -0.444 e. The average molecular weight is 511 g/mol. The fourth-order valence-electron chi connectivity index (χ4n) is 3.15. The van der Waals surface area contributed by atoms with Gasteiger partial charge in [-0.2, -0.15) is 0 Å². The van der Waals surface area contributed by atoms with Crippen molar-refractivity contribution in [1.82, 2.24) is 15.6 Å². The molecule has 3 rings (SSSR count). The number of rotatable bonds is 6. The first-order chi connectivity index (χ1) is 13.6. The standard InChI is InChI=1S/C21H29N5O2.HI/c1-4-22-21(24-14-19-25-15(2)16(3)28-19)23-13-17-8-10-18(11-9-17)26-12-6-5-7-20(26)27;/h8-11H,4-7,12-14H2,1-3H3,(H2,22,23,24);1H. The number of aliphatic imine (C=N–C) groups is 1. The van der Waals surface area contributed by atoms with E-state index in [9.17, 15) is 4.79 Å². The van der Waals surface area contributed by atoms with Crippen LogP contribution in [0.15, 0.2) is 33.7 Å². The molecule has 1 aromatic heterocycles. The molecular weight excluding hydrogens is 481 g/mol. The molecule has 1 aliphatic rings. The van der Waals surface area contributed by atoms with Gasteiger partial charge in [-0.05, 0) is 51.3 Å². The second-order valence-electron chi connectivity index (χ2n) is 6.97. The quantitative estimate of drug-likeness (QED) is 0.351. The number of carbonyl (C=O) groups excluding carboxylic acids is 1. The largest absolute Gasteiger partial charge is 0.444 e. The number of halogens is 1. The molecule has 2 aromatic rings. The molecular formula is C21H30IN5O2. The lowest BCUT2D eigenvalue weighted by molar-refractivity contribution is -0.119. The zero-order valence-corrected chi connectivity index (χ0v) is 19.7. The molecule has 1 saturated heterocycles. The number of hydrogen-bond acceptors (Lipinski definition) is 4. The number of piperidine rings is 1. The van der Waals surface area contributed by atoms with Gasteiger partial charge in [-0.1, -0.05) is 12.1 Å². The maximum atomic E-state index is 12.1. The Balaban J connectivity index is 0.00000300. The third kappa shape index (κ3) is 6.45. The van der Waals surface area contributed by atoms with Gasteiger partial charge in [0.25, 0.3) is 0 Å². The summed E-state index contributed by atoms with van der Waals surface area (Å²) in [4.78, 5) is 22.9. The molecule has 1 amide bonds. The number of hydrogen-bond donors (Lipinski definition) is 2. The van der Waals surface area contributed by atoms with Crippen LogP contribution in [-0.2, 0) is 17.9 Å². The Kier molecular flexibility index (Phi) is 8.94. The first-order valence-corrected chi connectivity index (χ1v) is 9.91. The number of aryl methyl sites for hydroxylation is 2. The minimum atomic E-state index is 0. The number of benzene rings is 1. The van der Waals surface area contributed by atoms with Gasteiger partial charge in [0.2, 0.25) is 11.8 Å². The first-order valence-electron chi connectivity index (χ1n) is 9.91. The van der Waals surface area contributed by atoms with E-state index >= 15 is 0 Å². The van der Waals surface area contributed by atoms with Crippen LogP contribution in [0.2, 0.25) is 0 Å². The molecule has 0 aliphatic carbocycles. The second-order valence-corrected chi connectivity index (χ2v) is 6.97. The Bertz CT molecular complexity index is 813. The van der Waals surface area contributed by atoms with Gasteiger partial charge < -0.3 is 20.0 Å². The van der Waals surface area contributed by atoms with Crippen molar-refractivity contribution in [2.24, 2.45) is 4.99 Å². The summed E-state index contributed by atoms with van der Waals surface area (Å²) in [5.74, 6) is 2.42. The molecule has 0 bridgehead atoms. The topological polar surface area (TPSA) is 82.8 Å². The molecule has 0 radical (unpaired) electrons. The van der Waals surface area contributed by atoms with Crippen LogP contribution in [0.25, 0.3) is 0 Å². The van der Waals surface area contributed by atoms with Crippen molar-refractivity contribution >= 4 is 41.5 Å². The van der Waals surface area contributed by atoms with Gasteiger partial charge in [0, 0.05) is 25.2 Å². The van der Waals surface area contributed by atoms with Gasteiger partial charge >= 0.3 is 0 Å². The van der Waals surface area contributed by atoms with Crippen molar-refractivity contribution in [2.45, 2.75) is 53.1 Å². The number of guanidine groups is 1. The van der Waals surface area contributed by atoms with Crippen LogP contribution < -0.4 is 15.5 Å². The second kappa shape index (κ2) is 11.2. The van der Waals surface area contributed by atoms with Crippen molar-refractivity contribution in [1.29, 1.82) is 0 Å². The van der Waals surface area contributed by atoms with E-state index in [0.29, 0.717) is 31.4 Å². The molecule has 7 nitrogen and oxygen atoms in total.